The van der Waals surface area contributed by atoms with E-state index in [4.69, 9.17) is 10.5 Å². The molecular formula is C11H22N2O4S. The first-order valence-electron chi connectivity index (χ1n) is 6.17. The maximum atomic E-state index is 11.5. The molecule has 1 aliphatic rings. The number of nitrogens with one attached hydrogen (secondary N) is 1. The summed E-state index contributed by atoms with van der Waals surface area (Å²) in [5.41, 5.74) is 5.58. The Morgan fingerprint density at radius 3 is 2.72 bits per heavy atom. The van der Waals surface area contributed by atoms with Gasteiger partial charge in [-0.3, -0.25) is 4.79 Å². The summed E-state index contributed by atoms with van der Waals surface area (Å²) in [4.78, 5) is 11.5. The van der Waals surface area contributed by atoms with Gasteiger partial charge < -0.3 is 15.8 Å². The molecular weight excluding hydrogens is 256 g/mol. The Labute approximate surface area is 108 Å². The van der Waals surface area contributed by atoms with Crippen LogP contribution < -0.4 is 11.1 Å². The predicted octanol–water partition coefficient (Wildman–Crippen LogP) is -0.709. The molecule has 1 rings (SSSR count). The fraction of sp³-hybridized carbons (Fsp3) is 0.909. The van der Waals surface area contributed by atoms with Gasteiger partial charge in [0.2, 0.25) is 5.91 Å². The van der Waals surface area contributed by atoms with Crippen LogP contribution >= 0.6 is 0 Å². The van der Waals surface area contributed by atoms with Crippen molar-refractivity contribution < 1.29 is 17.9 Å². The molecule has 0 aromatic heterocycles. The molecule has 18 heavy (non-hydrogen) atoms. The highest BCUT2D eigenvalue weighted by Crippen LogP contribution is 2.28. The molecule has 0 aromatic rings. The molecule has 3 N–H and O–H groups in total. The summed E-state index contributed by atoms with van der Waals surface area (Å²) >= 11 is 0. The van der Waals surface area contributed by atoms with Gasteiger partial charge in [-0.1, -0.05) is 0 Å². The fourth-order valence-corrected chi connectivity index (χ4v) is 2.07. The second kappa shape index (κ2) is 7.06. The number of amides is 1. The van der Waals surface area contributed by atoms with Crippen LogP contribution in [0.2, 0.25) is 0 Å². The number of carbonyl (C=O) groups excluding carboxylic acids is 1. The van der Waals surface area contributed by atoms with Crippen molar-refractivity contribution in [3.05, 3.63) is 0 Å². The first kappa shape index (κ1) is 15.4. The van der Waals surface area contributed by atoms with Crippen LogP contribution in [0.5, 0.6) is 0 Å². The third-order valence-corrected chi connectivity index (χ3v) is 3.71. The van der Waals surface area contributed by atoms with Crippen molar-refractivity contribution in [2.75, 3.05) is 31.8 Å². The zero-order valence-electron chi connectivity index (χ0n) is 10.7. The summed E-state index contributed by atoms with van der Waals surface area (Å²) in [7, 11) is -3.07. The molecule has 1 unspecified atom stereocenters. The van der Waals surface area contributed by atoms with E-state index < -0.39 is 15.9 Å². The summed E-state index contributed by atoms with van der Waals surface area (Å²) in [6.07, 6.45) is 3.75. The molecule has 106 valence electrons. The predicted molar refractivity (Wildman–Crippen MR) is 68.9 cm³/mol. The van der Waals surface area contributed by atoms with Crippen molar-refractivity contribution >= 4 is 15.7 Å². The smallest absolute Gasteiger partial charge is 0.237 e. The van der Waals surface area contributed by atoms with E-state index in [1.807, 2.05) is 0 Å². The molecule has 0 spiro atoms. The fourth-order valence-electron chi connectivity index (χ4n) is 1.38. The first-order chi connectivity index (χ1) is 8.38. The average molecular weight is 278 g/mol. The van der Waals surface area contributed by atoms with E-state index in [-0.39, 0.29) is 18.1 Å². The van der Waals surface area contributed by atoms with Crippen LogP contribution in [-0.4, -0.2) is 52.1 Å². The summed E-state index contributed by atoms with van der Waals surface area (Å²) in [5, 5.41) is 2.63. The third kappa shape index (κ3) is 7.62. The van der Waals surface area contributed by atoms with E-state index in [1.54, 1.807) is 0 Å². The van der Waals surface area contributed by atoms with E-state index >= 15 is 0 Å². The SMILES string of the molecule is CS(=O)(=O)CCC(N)C(=O)NCCOCC1CC1. The lowest BCUT2D eigenvalue weighted by atomic mass is 10.2. The first-order valence-corrected chi connectivity index (χ1v) is 8.23. The van der Waals surface area contributed by atoms with Crippen LogP contribution in [-0.2, 0) is 19.4 Å². The minimum Gasteiger partial charge on any atom is -0.379 e. The van der Waals surface area contributed by atoms with Gasteiger partial charge in [-0.05, 0) is 25.2 Å². The van der Waals surface area contributed by atoms with Crippen LogP contribution in [0.1, 0.15) is 19.3 Å². The molecule has 1 saturated carbocycles. The molecule has 1 fully saturated rings. The van der Waals surface area contributed by atoms with Gasteiger partial charge in [0.1, 0.15) is 9.84 Å². The topological polar surface area (TPSA) is 98.5 Å². The lowest BCUT2D eigenvalue weighted by molar-refractivity contribution is -0.122. The number of ether oxygens (including phenoxy) is 1. The van der Waals surface area contributed by atoms with Crippen LogP contribution in [0, 0.1) is 5.92 Å². The van der Waals surface area contributed by atoms with Gasteiger partial charge >= 0.3 is 0 Å². The van der Waals surface area contributed by atoms with Gasteiger partial charge in [0.05, 0.1) is 18.4 Å². The monoisotopic (exact) mass is 278 g/mol. The molecule has 6 nitrogen and oxygen atoms in total. The quantitative estimate of drug-likeness (QED) is 0.543. The van der Waals surface area contributed by atoms with Gasteiger partial charge in [0, 0.05) is 19.4 Å². The average Bonchev–Trinajstić information content (AvgIpc) is 3.08. The number of nitrogens with two attached hydrogens (primary N) is 1. The molecule has 1 amide bonds. The molecule has 7 heteroatoms. The van der Waals surface area contributed by atoms with Crippen molar-refractivity contribution in [1.29, 1.82) is 0 Å². The minimum absolute atomic E-state index is 0.0697. The Balaban J connectivity index is 2.03. The number of hydrogen-bond acceptors (Lipinski definition) is 5. The molecule has 0 aliphatic heterocycles. The highest BCUT2D eigenvalue weighted by molar-refractivity contribution is 7.90. The molecule has 0 bridgehead atoms. The largest absolute Gasteiger partial charge is 0.379 e. The lowest BCUT2D eigenvalue weighted by Crippen LogP contribution is -2.42. The van der Waals surface area contributed by atoms with Gasteiger partial charge in [-0.25, -0.2) is 8.42 Å². The summed E-state index contributed by atoms with van der Waals surface area (Å²) in [6, 6.07) is -0.775. The maximum absolute atomic E-state index is 11.5. The van der Waals surface area contributed by atoms with Crippen LogP contribution in [0.4, 0.5) is 0 Å². The number of rotatable bonds is 9. The van der Waals surface area contributed by atoms with E-state index in [0.29, 0.717) is 19.1 Å². The Morgan fingerprint density at radius 1 is 1.50 bits per heavy atom. The normalized spacial score (nSPS) is 17.4. The molecule has 1 atom stereocenters. The van der Waals surface area contributed by atoms with Crippen molar-refractivity contribution in [1.82, 2.24) is 5.32 Å². The Kier molecular flexibility index (Phi) is 6.04. The Hall–Kier alpha value is -0.660. The number of hydrogen-bond donors (Lipinski definition) is 2. The summed E-state index contributed by atoms with van der Waals surface area (Å²) in [6.45, 7) is 1.65. The van der Waals surface area contributed by atoms with Crippen molar-refractivity contribution in [3.63, 3.8) is 0 Å². The van der Waals surface area contributed by atoms with Crippen LogP contribution in [0.3, 0.4) is 0 Å². The van der Waals surface area contributed by atoms with Crippen molar-refractivity contribution in [3.8, 4) is 0 Å². The summed E-state index contributed by atoms with van der Waals surface area (Å²) in [5.74, 6) is 0.311. The van der Waals surface area contributed by atoms with Gasteiger partial charge in [-0.15, -0.1) is 0 Å². The Bertz CT molecular complexity index is 365. The number of sulfone groups is 1. The second-order valence-corrected chi connectivity index (χ2v) is 7.09. The van der Waals surface area contributed by atoms with E-state index in [9.17, 15) is 13.2 Å². The summed E-state index contributed by atoms with van der Waals surface area (Å²) < 4.78 is 27.2. The number of carbonyl (C=O) groups is 1. The van der Waals surface area contributed by atoms with E-state index in [2.05, 4.69) is 5.32 Å². The zero-order valence-corrected chi connectivity index (χ0v) is 11.5. The molecule has 0 saturated heterocycles. The highest BCUT2D eigenvalue weighted by atomic mass is 32.2. The van der Waals surface area contributed by atoms with Gasteiger partial charge in [-0.2, -0.15) is 0 Å². The van der Waals surface area contributed by atoms with Gasteiger partial charge in [0.15, 0.2) is 0 Å². The minimum atomic E-state index is -3.07. The molecule has 0 radical (unpaired) electrons. The van der Waals surface area contributed by atoms with Crippen LogP contribution in [0.25, 0.3) is 0 Å². The van der Waals surface area contributed by atoms with Crippen molar-refractivity contribution in [2.24, 2.45) is 11.7 Å². The standard InChI is InChI=1S/C11H22N2O4S/c1-18(15,16)7-4-10(12)11(14)13-5-6-17-8-9-2-3-9/h9-10H,2-8,12H2,1H3,(H,13,14). The van der Waals surface area contributed by atoms with Crippen molar-refractivity contribution in [2.45, 2.75) is 25.3 Å². The molecule has 0 heterocycles. The molecule has 0 aromatic carbocycles. The maximum Gasteiger partial charge on any atom is 0.237 e. The Morgan fingerprint density at radius 2 is 2.17 bits per heavy atom. The van der Waals surface area contributed by atoms with Crippen LogP contribution in [0.15, 0.2) is 0 Å². The molecule has 1 aliphatic carbocycles. The highest BCUT2D eigenvalue weighted by Gasteiger charge is 2.21. The zero-order chi connectivity index (χ0) is 13.6. The second-order valence-electron chi connectivity index (χ2n) is 4.83. The van der Waals surface area contributed by atoms with E-state index in [0.717, 1.165) is 12.9 Å². The van der Waals surface area contributed by atoms with Gasteiger partial charge in [0.25, 0.3) is 0 Å². The van der Waals surface area contributed by atoms with E-state index in [1.165, 1.54) is 12.8 Å². The lowest BCUT2D eigenvalue weighted by Gasteiger charge is -2.11. The third-order valence-electron chi connectivity index (χ3n) is 2.73.